The molecular weight excluding hydrogens is 868 g/mol. The van der Waals surface area contributed by atoms with Crippen molar-refractivity contribution >= 4 is 120 Å². The number of rotatable bonds is 13. The van der Waals surface area contributed by atoms with Crippen LogP contribution in [0.4, 0.5) is 35.2 Å². The summed E-state index contributed by atoms with van der Waals surface area (Å²) in [5.74, 6) is -0.857. The summed E-state index contributed by atoms with van der Waals surface area (Å²) in [5.41, 5.74) is -0.567. The highest BCUT2D eigenvalue weighted by Crippen LogP contribution is 2.36. The minimum atomic E-state index is -5.02. The van der Waals surface area contributed by atoms with Gasteiger partial charge in [-0.15, -0.1) is 0 Å². The van der Waals surface area contributed by atoms with Crippen LogP contribution in [0, 0.1) is 0 Å². The Bertz CT molecular complexity index is 2830. The molecular formula is C28H22Cl2N10O12S4. The van der Waals surface area contributed by atoms with Crippen LogP contribution in [0.5, 0.6) is 0 Å². The molecule has 28 heteroatoms. The molecule has 0 saturated carbocycles. The van der Waals surface area contributed by atoms with E-state index in [1.54, 1.807) is 0 Å². The summed E-state index contributed by atoms with van der Waals surface area (Å²) in [7, 11) is -19.6. The molecule has 6 aromatic rings. The van der Waals surface area contributed by atoms with Gasteiger partial charge in [0.15, 0.2) is 0 Å². The van der Waals surface area contributed by atoms with E-state index in [-0.39, 0.29) is 80.4 Å². The van der Waals surface area contributed by atoms with Crippen molar-refractivity contribution in [1.29, 1.82) is 0 Å². The van der Waals surface area contributed by atoms with Crippen LogP contribution >= 0.6 is 23.2 Å². The number of nitrogens with zero attached hydrogens (tertiary/aromatic N) is 6. The van der Waals surface area contributed by atoms with Gasteiger partial charge in [-0.3, -0.25) is 18.2 Å². The van der Waals surface area contributed by atoms with E-state index >= 15 is 0 Å². The topological polar surface area (TPSA) is 343 Å². The van der Waals surface area contributed by atoms with Gasteiger partial charge < -0.3 is 21.3 Å². The summed E-state index contributed by atoms with van der Waals surface area (Å²) in [4.78, 5) is 21.2. The molecule has 0 aliphatic heterocycles. The van der Waals surface area contributed by atoms with Gasteiger partial charge in [-0.1, -0.05) is 36.4 Å². The summed E-state index contributed by atoms with van der Waals surface area (Å²) in [6, 6.07) is 11.4. The number of hydrogen-bond donors (Lipinski definition) is 8. The van der Waals surface area contributed by atoms with Gasteiger partial charge in [0.05, 0.1) is 11.4 Å². The van der Waals surface area contributed by atoms with Crippen LogP contribution in [0.25, 0.3) is 21.5 Å². The van der Waals surface area contributed by atoms with Crippen LogP contribution in [-0.2, 0) is 40.5 Å². The van der Waals surface area contributed by atoms with Gasteiger partial charge in [0.2, 0.25) is 34.4 Å². The molecule has 0 amide bonds. The molecule has 0 atom stereocenters. The average Bonchev–Trinajstić information content (AvgIpc) is 3.07. The molecule has 294 valence electrons. The monoisotopic (exact) mass is 888 g/mol. The predicted octanol–water partition coefficient (Wildman–Crippen LogP) is 3.67. The van der Waals surface area contributed by atoms with Gasteiger partial charge in [-0.2, -0.15) is 63.6 Å². The van der Waals surface area contributed by atoms with Crippen molar-refractivity contribution in [2.45, 2.75) is 19.6 Å². The molecule has 0 fully saturated rings. The minimum absolute atomic E-state index is 0.0319. The van der Waals surface area contributed by atoms with E-state index in [0.29, 0.717) is 0 Å². The Labute approximate surface area is 325 Å². The van der Waals surface area contributed by atoms with Crippen LogP contribution in [0.1, 0.15) is 0 Å². The Morgan fingerprint density at radius 1 is 0.446 bits per heavy atom. The van der Waals surface area contributed by atoms with Crippen molar-refractivity contribution in [2.24, 2.45) is 0 Å². The molecule has 0 spiro atoms. The molecule has 2 heterocycles. The standard InChI is InChI=1S/C28H22Cl2N10O12S4/c29-23-35-25(39-27(37-23)33-17-9-7-13-15(21(17)55(47,48)49)3-1-5-19(13)53(41,42)43)31-11-12-32-26-36-24(30)38-28(40-26)34-18-10-8-14-16(22(18)56(50,51)52)4-2-6-20(14)54(44,45)46/h1-10H,11-12H2,(H,41,42,43)(H,44,45,46)(H,47,48,49)(H,50,51,52)(H2,31,33,35,37,39)(H2,32,34,36,38,40). The second-order valence-electron chi connectivity index (χ2n) is 11.1. The first-order valence-corrected chi connectivity index (χ1v) is 21.5. The van der Waals surface area contributed by atoms with E-state index in [4.69, 9.17) is 23.2 Å². The fraction of sp³-hybridized carbons (Fsp3) is 0.0714. The fourth-order valence-electron chi connectivity index (χ4n) is 5.36. The number of nitrogens with one attached hydrogen (secondary N) is 4. The van der Waals surface area contributed by atoms with Crippen molar-refractivity contribution in [3.63, 3.8) is 0 Å². The van der Waals surface area contributed by atoms with Crippen LogP contribution in [0.2, 0.25) is 10.6 Å². The SMILES string of the molecule is O=S(=O)(O)c1cccc2c(S(=O)(=O)O)c(Nc3nc(Cl)nc(NCCNc4nc(Cl)nc(Nc5ccc6c(S(=O)(=O)O)cccc6c5S(=O)(=O)O)n4)n3)ccc12. The lowest BCUT2D eigenvalue weighted by molar-refractivity contribution is 0.481. The third-order valence-electron chi connectivity index (χ3n) is 7.42. The zero-order chi connectivity index (χ0) is 40.8. The van der Waals surface area contributed by atoms with E-state index < -0.39 is 60.1 Å². The maximum Gasteiger partial charge on any atom is 0.297 e. The summed E-state index contributed by atoms with van der Waals surface area (Å²) in [6.07, 6.45) is 0. The van der Waals surface area contributed by atoms with Crippen LogP contribution in [0.3, 0.4) is 0 Å². The molecule has 56 heavy (non-hydrogen) atoms. The van der Waals surface area contributed by atoms with Crippen molar-refractivity contribution in [3.05, 3.63) is 71.2 Å². The Morgan fingerprint density at radius 2 is 0.804 bits per heavy atom. The summed E-state index contributed by atoms with van der Waals surface area (Å²) in [5, 5.41) is 9.22. The molecule has 2 aromatic heterocycles. The van der Waals surface area contributed by atoms with Gasteiger partial charge in [-0.25, -0.2) is 0 Å². The highest BCUT2D eigenvalue weighted by atomic mass is 35.5. The van der Waals surface area contributed by atoms with E-state index in [9.17, 15) is 51.9 Å². The minimum Gasteiger partial charge on any atom is -0.352 e. The van der Waals surface area contributed by atoms with Crippen molar-refractivity contribution in [3.8, 4) is 0 Å². The van der Waals surface area contributed by atoms with Crippen molar-refractivity contribution < 1.29 is 51.9 Å². The molecule has 22 nitrogen and oxygen atoms in total. The Balaban J connectivity index is 1.19. The zero-order valence-corrected chi connectivity index (χ0v) is 32.1. The van der Waals surface area contributed by atoms with E-state index in [0.717, 1.165) is 24.3 Å². The van der Waals surface area contributed by atoms with Crippen LogP contribution in [0.15, 0.2) is 80.2 Å². The third kappa shape index (κ3) is 8.94. The number of anilines is 6. The quantitative estimate of drug-likeness (QED) is 0.0605. The van der Waals surface area contributed by atoms with Crippen molar-refractivity contribution in [2.75, 3.05) is 34.4 Å². The third-order valence-corrected chi connectivity index (χ3v) is 11.5. The van der Waals surface area contributed by atoms with Gasteiger partial charge in [0.25, 0.3) is 40.5 Å². The molecule has 4 aromatic carbocycles. The van der Waals surface area contributed by atoms with E-state index in [2.05, 4.69) is 51.2 Å². The molecule has 8 N–H and O–H groups in total. The Hall–Kier alpha value is -5.16. The lowest BCUT2D eigenvalue weighted by Gasteiger charge is -2.14. The maximum atomic E-state index is 12.4. The van der Waals surface area contributed by atoms with Gasteiger partial charge >= 0.3 is 0 Å². The Morgan fingerprint density at radius 3 is 1.14 bits per heavy atom. The smallest absolute Gasteiger partial charge is 0.297 e. The van der Waals surface area contributed by atoms with Crippen LogP contribution in [-0.4, -0.2) is 94.9 Å². The molecule has 0 saturated heterocycles. The lowest BCUT2D eigenvalue weighted by atomic mass is 10.1. The first kappa shape index (κ1) is 40.5. The van der Waals surface area contributed by atoms with Crippen molar-refractivity contribution in [1.82, 2.24) is 29.9 Å². The van der Waals surface area contributed by atoms with Gasteiger partial charge in [0.1, 0.15) is 19.6 Å². The summed E-state index contributed by atoms with van der Waals surface area (Å²) < 4.78 is 136. The van der Waals surface area contributed by atoms with Gasteiger partial charge in [0, 0.05) is 34.6 Å². The molecule has 0 aliphatic rings. The molecule has 0 radical (unpaired) electrons. The predicted molar refractivity (Wildman–Crippen MR) is 200 cm³/mol. The largest absolute Gasteiger partial charge is 0.352 e. The number of fused-ring (bicyclic) bond motifs is 2. The van der Waals surface area contributed by atoms with E-state index in [1.165, 1.54) is 36.4 Å². The highest BCUT2D eigenvalue weighted by Gasteiger charge is 2.26. The molecule has 0 bridgehead atoms. The first-order valence-electron chi connectivity index (χ1n) is 15.0. The van der Waals surface area contributed by atoms with Gasteiger partial charge in [-0.05, 0) is 47.5 Å². The molecule has 6 rings (SSSR count). The normalized spacial score (nSPS) is 12.5. The molecule has 0 aliphatic carbocycles. The van der Waals surface area contributed by atoms with Crippen LogP contribution < -0.4 is 21.3 Å². The average molecular weight is 890 g/mol. The Kier molecular flexibility index (Phi) is 10.9. The summed E-state index contributed by atoms with van der Waals surface area (Å²) >= 11 is 12.1. The summed E-state index contributed by atoms with van der Waals surface area (Å²) in [6.45, 7) is 0.0638. The zero-order valence-electron chi connectivity index (χ0n) is 27.3. The molecule has 0 unspecified atom stereocenters. The second-order valence-corrected chi connectivity index (χ2v) is 17.3. The first-order chi connectivity index (χ1) is 26.1. The second kappa shape index (κ2) is 15.1. The van der Waals surface area contributed by atoms with E-state index in [1.807, 2.05) is 0 Å². The number of halogens is 2. The maximum absolute atomic E-state index is 12.4. The number of benzene rings is 4. The fourth-order valence-corrected chi connectivity index (χ4v) is 8.80. The lowest BCUT2D eigenvalue weighted by Crippen LogP contribution is -2.18. The number of aromatic nitrogens is 6. The number of hydrogen-bond acceptors (Lipinski definition) is 18. The highest BCUT2D eigenvalue weighted by molar-refractivity contribution is 7.87.